The maximum atomic E-state index is 13.2. The summed E-state index contributed by atoms with van der Waals surface area (Å²) in [5.74, 6) is 0. The highest BCUT2D eigenvalue weighted by molar-refractivity contribution is 6.30. The SMILES string of the molecule is CO[C@@H]1CCN(C(=O)N2CCc3cc(Cl)cc([C@@H]4CCCN4C(=O)OC(C)(C)C)c3C2)C1. The van der Waals surface area contributed by atoms with Crippen LogP contribution in [0, 0.1) is 0 Å². The van der Waals surface area contributed by atoms with Gasteiger partial charge in [-0.3, -0.25) is 0 Å². The van der Waals surface area contributed by atoms with Gasteiger partial charge < -0.3 is 24.2 Å². The average molecular weight is 464 g/mol. The molecule has 32 heavy (non-hydrogen) atoms. The van der Waals surface area contributed by atoms with Gasteiger partial charge in [0.2, 0.25) is 0 Å². The van der Waals surface area contributed by atoms with Crippen molar-refractivity contribution in [1.82, 2.24) is 14.7 Å². The van der Waals surface area contributed by atoms with Crippen molar-refractivity contribution < 1.29 is 19.1 Å². The molecule has 8 heteroatoms. The molecule has 0 aromatic heterocycles. The molecule has 3 aliphatic rings. The molecular formula is C24H34ClN3O4. The molecular weight excluding hydrogens is 430 g/mol. The van der Waals surface area contributed by atoms with Crippen LogP contribution >= 0.6 is 11.6 Å². The van der Waals surface area contributed by atoms with Crippen LogP contribution in [0.2, 0.25) is 5.02 Å². The van der Waals surface area contributed by atoms with E-state index in [1.54, 1.807) is 7.11 Å². The Hall–Kier alpha value is -1.99. The number of urea groups is 1. The fourth-order valence-corrected chi connectivity index (χ4v) is 5.29. The van der Waals surface area contributed by atoms with E-state index in [1.165, 1.54) is 5.56 Å². The molecule has 0 unspecified atom stereocenters. The van der Waals surface area contributed by atoms with Crippen LogP contribution in [0.25, 0.3) is 0 Å². The van der Waals surface area contributed by atoms with Crippen LogP contribution < -0.4 is 0 Å². The smallest absolute Gasteiger partial charge is 0.410 e. The molecule has 176 valence electrons. The first-order valence-electron chi connectivity index (χ1n) is 11.5. The third-order valence-electron chi connectivity index (χ3n) is 6.60. The highest BCUT2D eigenvalue weighted by Gasteiger charge is 2.37. The number of rotatable bonds is 2. The second-order valence-corrected chi connectivity index (χ2v) is 10.4. The monoisotopic (exact) mass is 463 g/mol. The zero-order valence-electron chi connectivity index (χ0n) is 19.5. The van der Waals surface area contributed by atoms with Crippen LogP contribution in [-0.4, -0.2) is 71.8 Å². The summed E-state index contributed by atoms with van der Waals surface area (Å²) in [6.07, 6.45) is 3.24. The van der Waals surface area contributed by atoms with E-state index < -0.39 is 5.60 Å². The molecule has 0 N–H and O–H groups in total. The lowest BCUT2D eigenvalue weighted by Crippen LogP contribution is -2.45. The summed E-state index contributed by atoms with van der Waals surface area (Å²) in [5.41, 5.74) is 2.79. The van der Waals surface area contributed by atoms with E-state index in [2.05, 4.69) is 0 Å². The topological polar surface area (TPSA) is 62.3 Å². The highest BCUT2D eigenvalue weighted by Crippen LogP contribution is 2.39. The fourth-order valence-electron chi connectivity index (χ4n) is 5.04. The first kappa shape index (κ1) is 23.2. The van der Waals surface area contributed by atoms with E-state index in [0.717, 1.165) is 43.4 Å². The lowest BCUT2D eigenvalue weighted by Gasteiger charge is -2.36. The molecule has 3 aliphatic heterocycles. The van der Waals surface area contributed by atoms with Gasteiger partial charge in [0.15, 0.2) is 0 Å². The van der Waals surface area contributed by atoms with Crippen molar-refractivity contribution in [3.8, 4) is 0 Å². The van der Waals surface area contributed by atoms with E-state index in [0.29, 0.717) is 31.2 Å². The van der Waals surface area contributed by atoms with Crippen molar-refractivity contribution in [2.75, 3.05) is 33.3 Å². The summed E-state index contributed by atoms with van der Waals surface area (Å²) in [7, 11) is 1.70. The third-order valence-corrected chi connectivity index (χ3v) is 6.82. The predicted molar refractivity (Wildman–Crippen MR) is 123 cm³/mol. The minimum Gasteiger partial charge on any atom is -0.444 e. The molecule has 1 aromatic carbocycles. The number of amides is 3. The van der Waals surface area contributed by atoms with Crippen molar-refractivity contribution in [3.05, 3.63) is 33.8 Å². The van der Waals surface area contributed by atoms with Crippen LogP contribution in [0.5, 0.6) is 0 Å². The van der Waals surface area contributed by atoms with Gasteiger partial charge in [-0.1, -0.05) is 11.6 Å². The van der Waals surface area contributed by atoms with Gasteiger partial charge in [-0.2, -0.15) is 0 Å². The van der Waals surface area contributed by atoms with Crippen LogP contribution in [0.1, 0.15) is 62.8 Å². The Labute approximate surface area is 195 Å². The Bertz CT molecular complexity index is 885. The number of nitrogens with zero attached hydrogens (tertiary/aromatic N) is 3. The summed E-state index contributed by atoms with van der Waals surface area (Å²) in [6, 6.07) is 3.95. The first-order valence-corrected chi connectivity index (χ1v) is 11.9. The number of carbonyl (C=O) groups excluding carboxylic acids is 2. The van der Waals surface area contributed by atoms with Gasteiger partial charge in [-0.05, 0) is 75.3 Å². The van der Waals surface area contributed by atoms with Crippen LogP contribution in [0.15, 0.2) is 12.1 Å². The van der Waals surface area contributed by atoms with Crippen LogP contribution in [-0.2, 0) is 22.4 Å². The molecule has 4 rings (SSSR count). The Morgan fingerprint density at radius 2 is 1.88 bits per heavy atom. The van der Waals surface area contributed by atoms with Gasteiger partial charge in [0, 0.05) is 44.9 Å². The second-order valence-electron chi connectivity index (χ2n) is 10.0. The molecule has 2 fully saturated rings. The largest absolute Gasteiger partial charge is 0.444 e. The first-order chi connectivity index (χ1) is 15.2. The number of ether oxygens (including phenoxy) is 2. The number of hydrogen-bond donors (Lipinski definition) is 0. The molecule has 3 amide bonds. The number of benzene rings is 1. The van der Waals surface area contributed by atoms with Gasteiger partial charge in [0.25, 0.3) is 0 Å². The third kappa shape index (κ3) is 4.84. The number of halogens is 1. The summed E-state index contributed by atoms with van der Waals surface area (Å²) < 4.78 is 11.1. The lowest BCUT2D eigenvalue weighted by atomic mass is 9.90. The Morgan fingerprint density at radius 1 is 1.09 bits per heavy atom. The molecule has 2 atom stereocenters. The van der Waals surface area contributed by atoms with Crippen molar-refractivity contribution in [2.45, 2.75) is 70.7 Å². The van der Waals surface area contributed by atoms with Gasteiger partial charge in [-0.15, -0.1) is 0 Å². The van der Waals surface area contributed by atoms with E-state index in [1.807, 2.05) is 47.6 Å². The summed E-state index contributed by atoms with van der Waals surface area (Å²) in [5, 5.41) is 0.678. The second kappa shape index (κ2) is 9.10. The van der Waals surface area contributed by atoms with E-state index in [9.17, 15) is 9.59 Å². The number of methoxy groups -OCH3 is 1. The molecule has 0 spiro atoms. The van der Waals surface area contributed by atoms with E-state index in [4.69, 9.17) is 21.1 Å². The Balaban J connectivity index is 1.57. The quantitative estimate of drug-likeness (QED) is 0.642. The maximum Gasteiger partial charge on any atom is 0.410 e. The van der Waals surface area contributed by atoms with Crippen LogP contribution in [0.3, 0.4) is 0 Å². The van der Waals surface area contributed by atoms with E-state index >= 15 is 0 Å². The molecule has 0 radical (unpaired) electrons. The van der Waals surface area contributed by atoms with Crippen molar-refractivity contribution in [2.24, 2.45) is 0 Å². The molecule has 0 bridgehead atoms. The number of likely N-dealkylation sites (tertiary alicyclic amines) is 2. The van der Waals surface area contributed by atoms with Crippen molar-refractivity contribution in [3.63, 3.8) is 0 Å². The number of hydrogen-bond acceptors (Lipinski definition) is 4. The van der Waals surface area contributed by atoms with Gasteiger partial charge in [0.1, 0.15) is 5.60 Å². The molecule has 0 aliphatic carbocycles. The van der Waals surface area contributed by atoms with Crippen LogP contribution in [0.4, 0.5) is 9.59 Å². The standard InChI is InChI=1S/C24H34ClN3O4/c1-24(2,3)32-23(30)28-9-5-6-21(28)19-13-17(25)12-16-7-10-27(15-20(16)19)22(29)26-11-8-18(14-26)31-4/h12-13,18,21H,5-11,14-15H2,1-4H3/t18-,21+/m1/s1. The van der Waals surface area contributed by atoms with Crippen molar-refractivity contribution in [1.29, 1.82) is 0 Å². The number of carbonyl (C=O) groups is 2. The normalized spacial score (nSPS) is 23.5. The zero-order valence-corrected chi connectivity index (χ0v) is 20.3. The van der Waals surface area contributed by atoms with Gasteiger partial charge >= 0.3 is 12.1 Å². The minimum absolute atomic E-state index is 0.0616. The molecule has 1 aromatic rings. The fraction of sp³-hybridized carbons (Fsp3) is 0.667. The predicted octanol–water partition coefficient (Wildman–Crippen LogP) is 4.61. The molecule has 7 nitrogen and oxygen atoms in total. The lowest BCUT2D eigenvalue weighted by molar-refractivity contribution is 0.0223. The van der Waals surface area contributed by atoms with E-state index in [-0.39, 0.29) is 24.3 Å². The van der Waals surface area contributed by atoms with Gasteiger partial charge in [-0.25, -0.2) is 9.59 Å². The summed E-state index contributed by atoms with van der Waals surface area (Å²) in [4.78, 5) is 31.7. The molecule has 3 heterocycles. The number of fused-ring (bicyclic) bond motifs is 1. The molecule has 2 saturated heterocycles. The summed E-state index contributed by atoms with van der Waals surface area (Å²) in [6.45, 7) is 8.88. The van der Waals surface area contributed by atoms with Crippen molar-refractivity contribution >= 4 is 23.7 Å². The molecule has 0 saturated carbocycles. The average Bonchev–Trinajstić information content (AvgIpc) is 3.40. The maximum absolute atomic E-state index is 13.2. The summed E-state index contributed by atoms with van der Waals surface area (Å²) >= 11 is 6.49. The Morgan fingerprint density at radius 3 is 2.56 bits per heavy atom. The minimum atomic E-state index is -0.545. The van der Waals surface area contributed by atoms with Gasteiger partial charge in [0.05, 0.1) is 12.1 Å². The highest BCUT2D eigenvalue weighted by atomic mass is 35.5. The Kier molecular flexibility index (Phi) is 6.59. The zero-order chi connectivity index (χ0) is 23.0.